The van der Waals surface area contributed by atoms with Gasteiger partial charge < -0.3 is 10.4 Å². The van der Waals surface area contributed by atoms with Crippen LogP contribution >= 0.6 is 0 Å². The van der Waals surface area contributed by atoms with Crippen molar-refractivity contribution in [3.05, 3.63) is 17.6 Å². The topological polar surface area (TPSA) is 58.0 Å². The third-order valence-corrected chi connectivity index (χ3v) is 1.61. The lowest BCUT2D eigenvalue weighted by atomic mass is 10.3. The number of hydrogen-bond donors (Lipinski definition) is 2. The van der Waals surface area contributed by atoms with E-state index in [1.807, 2.05) is 13.8 Å². The summed E-state index contributed by atoms with van der Waals surface area (Å²) in [5, 5.41) is 11.5. The number of aliphatic hydroxyl groups is 1. The Morgan fingerprint density at radius 2 is 2.17 bits per heavy atom. The Hall–Kier alpha value is -1.16. The van der Waals surface area contributed by atoms with Crippen LogP contribution in [0.4, 0.5) is 5.82 Å². The average Bonchev–Trinajstić information content (AvgIpc) is 2.07. The Morgan fingerprint density at radius 1 is 1.42 bits per heavy atom. The summed E-state index contributed by atoms with van der Waals surface area (Å²) in [5.74, 6) is 0.715. The standard InChI is InChI=1S/C8H13N3O/c1-6-7(2)11-8(5-10-6)9-3-4-12/h5,12H,3-4H2,1-2H3,(H,9,11). The molecular formula is C8H13N3O. The number of nitrogens with one attached hydrogen (secondary N) is 1. The Bertz CT molecular complexity index is 262. The van der Waals surface area contributed by atoms with E-state index in [9.17, 15) is 0 Å². The van der Waals surface area contributed by atoms with Crippen molar-refractivity contribution in [2.24, 2.45) is 0 Å². The Morgan fingerprint density at radius 3 is 2.75 bits per heavy atom. The van der Waals surface area contributed by atoms with Gasteiger partial charge in [-0.15, -0.1) is 0 Å². The molecular weight excluding hydrogens is 154 g/mol. The molecule has 0 aliphatic rings. The molecule has 0 amide bonds. The van der Waals surface area contributed by atoms with Crippen molar-refractivity contribution < 1.29 is 5.11 Å². The van der Waals surface area contributed by atoms with E-state index in [-0.39, 0.29) is 6.61 Å². The molecule has 4 nitrogen and oxygen atoms in total. The van der Waals surface area contributed by atoms with Gasteiger partial charge in [-0.1, -0.05) is 0 Å². The smallest absolute Gasteiger partial charge is 0.144 e. The average molecular weight is 167 g/mol. The normalized spacial score (nSPS) is 9.92. The van der Waals surface area contributed by atoms with Crippen LogP contribution < -0.4 is 5.32 Å². The van der Waals surface area contributed by atoms with E-state index in [1.165, 1.54) is 0 Å². The Labute approximate surface area is 71.7 Å². The lowest BCUT2D eigenvalue weighted by molar-refractivity contribution is 0.311. The zero-order valence-corrected chi connectivity index (χ0v) is 7.33. The maximum Gasteiger partial charge on any atom is 0.144 e. The highest BCUT2D eigenvalue weighted by Crippen LogP contribution is 2.04. The highest BCUT2D eigenvalue weighted by Gasteiger charge is 1.97. The first kappa shape index (κ1) is 8.93. The van der Waals surface area contributed by atoms with Crippen LogP contribution in [0.5, 0.6) is 0 Å². The van der Waals surface area contributed by atoms with Crippen molar-refractivity contribution in [3.63, 3.8) is 0 Å². The largest absolute Gasteiger partial charge is 0.395 e. The SMILES string of the molecule is Cc1ncc(NCCO)nc1C. The third kappa shape index (κ3) is 2.17. The molecule has 4 heteroatoms. The van der Waals surface area contributed by atoms with E-state index >= 15 is 0 Å². The fourth-order valence-corrected chi connectivity index (χ4v) is 0.811. The summed E-state index contributed by atoms with van der Waals surface area (Å²) in [6, 6.07) is 0. The van der Waals surface area contributed by atoms with Crippen LogP contribution in [0.15, 0.2) is 6.20 Å². The van der Waals surface area contributed by atoms with Gasteiger partial charge in [-0.05, 0) is 13.8 Å². The van der Waals surface area contributed by atoms with E-state index < -0.39 is 0 Å². The predicted molar refractivity (Wildman–Crippen MR) is 47.1 cm³/mol. The van der Waals surface area contributed by atoms with Gasteiger partial charge in [-0.2, -0.15) is 0 Å². The molecule has 0 aliphatic heterocycles. The van der Waals surface area contributed by atoms with Gasteiger partial charge in [0.1, 0.15) is 5.82 Å². The summed E-state index contributed by atoms with van der Waals surface area (Å²) in [6.07, 6.45) is 1.66. The molecule has 1 aromatic heterocycles. The van der Waals surface area contributed by atoms with Crippen molar-refractivity contribution in [2.75, 3.05) is 18.5 Å². The monoisotopic (exact) mass is 167 g/mol. The number of anilines is 1. The van der Waals surface area contributed by atoms with Crippen LogP contribution in [0.2, 0.25) is 0 Å². The minimum absolute atomic E-state index is 0.106. The van der Waals surface area contributed by atoms with Gasteiger partial charge in [0.15, 0.2) is 0 Å². The minimum Gasteiger partial charge on any atom is -0.395 e. The molecule has 0 saturated carbocycles. The van der Waals surface area contributed by atoms with Gasteiger partial charge in [-0.25, -0.2) is 4.98 Å². The van der Waals surface area contributed by atoms with E-state index in [2.05, 4.69) is 15.3 Å². The first-order valence-electron chi connectivity index (χ1n) is 3.89. The zero-order valence-electron chi connectivity index (χ0n) is 7.33. The molecule has 1 heterocycles. The molecule has 0 saturated heterocycles. The minimum atomic E-state index is 0.106. The van der Waals surface area contributed by atoms with Crippen molar-refractivity contribution in [3.8, 4) is 0 Å². The summed E-state index contributed by atoms with van der Waals surface area (Å²) in [5.41, 5.74) is 1.85. The van der Waals surface area contributed by atoms with Crippen molar-refractivity contribution in [1.29, 1.82) is 0 Å². The summed E-state index contributed by atoms with van der Waals surface area (Å²) in [6.45, 7) is 4.44. The second-order valence-corrected chi connectivity index (χ2v) is 2.58. The molecule has 0 radical (unpaired) electrons. The molecule has 0 atom stereocenters. The lowest BCUT2D eigenvalue weighted by Crippen LogP contribution is -2.08. The number of hydrogen-bond acceptors (Lipinski definition) is 4. The molecule has 1 rings (SSSR count). The summed E-state index contributed by atoms with van der Waals surface area (Å²) >= 11 is 0. The maximum absolute atomic E-state index is 8.54. The molecule has 0 fully saturated rings. The van der Waals surface area contributed by atoms with E-state index in [4.69, 9.17) is 5.11 Å². The number of rotatable bonds is 3. The third-order valence-electron chi connectivity index (χ3n) is 1.61. The van der Waals surface area contributed by atoms with Gasteiger partial charge in [0.2, 0.25) is 0 Å². The van der Waals surface area contributed by atoms with Crippen LogP contribution in [0.25, 0.3) is 0 Å². The van der Waals surface area contributed by atoms with Crippen molar-refractivity contribution >= 4 is 5.82 Å². The number of aryl methyl sites for hydroxylation is 2. The molecule has 0 bridgehead atoms. The molecule has 0 aromatic carbocycles. The summed E-state index contributed by atoms with van der Waals surface area (Å²) in [4.78, 5) is 8.35. The first-order valence-corrected chi connectivity index (χ1v) is 3.89. The maximum atomic E-state index is 8.54. The summed E-state index contributed by atoms with van der Waals surface area (Å²) < 4.78 is 0. The number of aromatic nitrogens is 2. The Kier molecular flexibility index (Phi) is 2.99. The first-order chi connectivity index (χ1) is 5.74. The molecule has 0 aliphatic carbocycles. The lowest BCUT2D eigenvalue weighted by Gasteiger charge is -2.04. The molecule has 2 N–H and O–H groups in total. The van der Waals surface area contributed by atoms with Gasteiger partial charge >= 0.3 is 0 Å². The van der Waals surface area contributed by atoms with Gasteiger partial charge in [0.25, 0.3) is 0 Å². The van der Waals surface area contributed by atoms with Gasteiger partial charge in [0, 0.05) is 6.54 Å². The molecule has 66 valence electrons. The fraction of sp³-hybridized carbons (Fsp3) is 0.500. The zero-order chi connectivity index (χ0) is 8.97. The van der Waals surface area contributed by atoms with E-state index in [0.717, 1.165) is 11.4 Å². The Balaban J connectivity index is 2.69. The quantitative estimate of drug-likeness (QED) is 0.688. The van der Waals surface area contributed by atoms with Crippen molar-refractivity contribution in [2.45, 2.75) is 13.8 Å². The highest BCUT2D eigenvalue weighted by molar-refractivity contribution is 5.32. The number of nitrogens with zero attached hydrogens (tertiary/aromatic N) is 2. The predicted octanol–water partition coefficient (Wildman–Crippen LogP) is 0.498. The van der Waals surface area contributed by atoms with Crippen LogP contribution in [-0.4, -0.2) is 28.2 Å². The molecule has 12 heavy (non-hydrogen) atoms. The summed E-state index contributed by atoms with van der Waals surface area (Å²) in [7, 11) is 0. The van der Waals surface area contributed by atoms with Gasteiger partial charge in [0.05, 0.1) is 24.2 Å². The van der Waals surface area contributed by atoms with Gasteiger partial charge in [-0.3, -0.25) is 4.98 Å². The van der Waals surface area contributed by atoms with Crippen LogP contribution in [-0.2, 0) is 0 Å². The van der Waals surface area contributed by atoms with Crippen LogP contribution in [0.1, 0.15) is 11.4 Å². The second kappa shape index (κ2) is 4.01. The highest BCUT2D eigenvalue weighted by atomic mass is 16.3. The van der Waals surface area contributed by atoms with E-state index in [1.54, 1.807) is 6.20 Å². The van der Waals surface area contributed by atoms with Crippen LogP contribution in [0.3, 0.4) is 0 Å². The fourth-order valence-electron chi connectivity index (χ4n) is 0.811. The second-order valence-electron chi connectivity index (χ2n) is 2.58. The van der Waals surface area contributed by atoms with Crippen LogP contribution in [0, 0.1) is 13.8 Å². The van der Waals surface area contributed by atoms with Crippen molar-refractivity contribution in [1.82, 2.24) is 9.97 Å². The van der Waals surface area contributed by atoms with E-state index in [0.29, 0.717) is 12.4 Å². The molecule has 0 unspecified atom stereocenters. The molecule has 1 aromatic rings. The molecule has 0 spiro atoms. The number of aliphatic hydroxyl groups excluding tert-OH is 1.